The van der Waals surface area contributed by atoms with Gasteiger partial charge in [-0.15, -0.1) is 11.3 Å². The van der Waals surface area contributed by atoms with Crippen LogP contribution in [-0.2, 0) is 6.54 Å². The van der Waals surface area contributed by atoms with E-state index < -0.39 is 0 Å². The van der Waals surface area contributed by atoms with Gasteiger partial charge >= 0.3 is 0 Å². The number of nitrogens with one attached hydrogen (secondary N) is 1. The topological polar surface area (TPSA) is 41.1 Å². The summed E-state index contributed by atoms with van der Waals surface area (Å²) in [5.74, 6) is 0.746. The van der Waals surface area contributed by atoms with Gasteiger partial charge in [0.1, 0.15) is 0 Å². The number of piperazine rings is 1. The maximum atomic E-state index is 4.67. The number of thiazole rings is 1. The minimum atomic E-state index is 0.414. The molecule has 2 aliphatic rings. The van der Waals surface area contributed by atoms with Crippen LogP contribution in [0.25, 0.3) is 0 Å². The maximum absolute atomic E-state index is 4.67. The smallest absolute Gasteiger partial charge is 0.0959 e. The predicted molar refractivity (Wildman–Crippen MR) is 89.0 cm³/mol. The van der Waals surface area contributed by atoms with Crippen LogP contribution in [0.2, 0.25) is 0 Å². The van der Waals surface area contributed by atoms with Crippen molar-refractivity contribution in [3.05, 3.63) is 46.2 Å². The monoisotopic (exact) mass is 314 g/mol. The van der Waals surface area contributed by atoms with Crippen LogP contribution in [0, 0.1) is 0 Å². The number of aromatic nitrogens is 2. The molecule has 0 amide bonds. The summed E-state index contributed by atoms with van der Waals surface area (Å²) in [6.07, 6.45) is 9.98. The Morgan fingerprint density at radius 1 is 1.32 bits per heavy atom. The van der Waals surface area contributed by atoms with E-state index in [9.17, 15) is 0 Å². The minimum Gasteiger partial charge on any atom is -0.314 e. The zero-order valence-corrected chi connectivity index (χ0v) is 13.6. The molecule has 2 fully saturated rings. The number of hydrogen-bond acceptors (Lipinski definition) is 5. The van der Waals surface area contributed by atoms with Crippen LogP contribution >= 0.6 is 11.3 Å². The highest BCUT2D eigenvalue weighted by molar-refractivity contribution is 7.11. The summed E-state index contributed by atoms with van der Waals surface area (Å²) in [4.78, 5) is 12.9. The SMILES string of the molecule is c1cncc(C2CNCCN2Cc2cnc(C3CCC3)s2)c1. The Morgan fingerprint density at radius 2 is 2.27 bits per heavy atom. The van der Waals surface area contributed by atoms with Crippen molar-refractivity contribution in [2.45, 2.75) is 37.8 Å². The lowest BCUT2D eigenvalue weighted by Crippen LogP contribution is -2.45. The van der Waals surface area contributed by atoms with Crippen molar-refractivity contribution in [3.8, 4) is 0 Å². The van der Waals surface area contributed by atoms with Crippen molar-refractivity contribution in [2.24, 2.45) is 0 Å². The Labute approximate surface area is 135 Å². The zero-order valence-electron chi connectivity index (χ0n) is 12.7. The fraction of sp³-hybridized carbons (Fsp3) is 0.529. The molecular formula is C17H22N4S. The zero-order chi connectivity index (χ0) is 14.8. The van der Waals surface area contributed by atoms with Gasteiger partial charge in [-0.25, -0.2) is 4.98 Å². The average molecular weight is 314 g/mol. The Morgan fingerprint density at radius 3 is 3.05 bits per heavy atom. The second-order valence-corrected chi connectivity index (χ2v) is 7.42. The molecule has 1 saturated heterocycles. The molecule has 2 aromatic rings. The van der Waals surface area contributed by atoms with Gasteiger partial charge in [0.2, 0.25) is 0 Å². The minimum absolute atomic E-state index is 0.414. The molecular weight excluding hydrogens is 292 g/mol. The van der Waals surface area contributed by atoms with Gasteiger partial charge in [-0.05, 0) is 24.5 Å². The number of pyridine rings is 1. The molecule has 0 spiro atoms. The van der Waals surface area contributed by atoms with E-state index in [1.807, 2.05) is 29.8 Å². The van der Waals surface area contributed by atoms with Gasteiger partial charge in [0.25, 0.3) is 0 Å². The molecule has 116 valence electrons. The molecule has 1 aliphatic heterocycles. The standard InChI is InChI=1S/C17H22N4S/c1-3-13(4-1)17-20-10-15(22-17)12-21-8-7-19-11-16(21)14-5-2-6-18-9-14/h2,5-6,9-10,13,16,19H,1,3-4,7-8,11-12H2. The molecule has 5 heteroatoms. The molecule has 3 heterocycles. The first-order chi connectivity index (χ1) is 10.9. The summed E-state index contributed by atoms with van der Waals surface area (Å²) in [7, 11) is 0. The van der Waals surface area contributed by atoms with E-state index in [1.54, 1.807) is 0 Å². The highest BCUT2D eigenvalue weighted by Crippen LogP contribution is 2.38. The molecule has 1 aliphatic carbocycles. The normalized spacial score (nSPS) is 23.4. The molecule has 0 aromatic carbocycles. The van der Waals surface area contributed by atoms with Gasteiger partial charge in [-0.2, -0.15) is 0 Å². The lowest BCUT2D eigenvalue weighted by Gasteiger charge is -2.36. The molecule has 22 heavy (non-hydrogen) atoms. The van der Waals surface area contributed by atoms with E-state index in [-0.39, 0.29) is 0 Å². The lowest BCUT2D eigenvalue weighted by atomic mass is 9.86. The lowest BCUT2D eigenvalue weighted by molar-refractivity contribution is 0.155. The summed E-state index contributed by atoms with van der Waals surface area (Å²) in [5.41, 5.74) is 1.30. The van der Waals surface area contributed by atoms with Crippen LogP contribution in [0.4, 0.5) is 0 Å². The third-order valence-corrected chi connectivity index (χ3v) is 5.95. The highest BCUT2D eigenvalue weighted by Gasteiger charge is 2.26. The fourth-order valence-corrected chi connectivity index (χ4v) is 4.39. The summed E-state index contributed by atoms with van der Waals surface area (Å²) in [5, 5.41) is 4.86. The second-order valence-electron chi connectivity index (χ2n) is 6.27. The summed E-state index contributed by atoms with van der Waals surface area (Å²) in [6.45, 7) is 4.15. The quantitative estimate of drug-likeness (QED) is 0.942. The van der Waals surface area contributed by atoms with Gasteiger partial charge in [-0.3, -0.25) is 9.88 Å². The first-order valence-electron chi connectivity index (χ1n) is 8.19. The van der Waals surface area contributed by atoms with Gasteiger partial charge < -0.3 is 5.32 Å². The van der Waals surface area contributed by atoms with Crippen LogP contribution in [0.3, 0.4) is 0 Å². The highest BCUT2D eigenvalue weighted by atomic mass is 32.1. The average Bonchev–Trinajstić information content (AvgIpc) is 2.95. The maximum Gasteiger partial charge on any atom is 0.0959 e. The Kier molecular flexibility index (Phi) is 4.19. The first kappa shape index (κ1) is 14.3. The Hall–Kier alpha value is -1.30. The molecule has 4 rings (SSSR count). The van der Waals surface area contributed by atoms with E-state index in [1.165, 1.54) is 34.7 Å². The predicted octanol–water partition coefficient (Wildman–Crippen LogP) is 2.95. The first-order valence-corrected chi connectivity index (χ1v) is 9.01. The molecule has 4 nitrogen and oxygen atoms in total. The molecule has 2 aromatic heterocycles. The van der Waals surface area contributed by atoms with E-state index >= 15 is 0 Å². The van der Waals surface area contributed by atoms with Crippen LogP contribution in [0.5, 0.6) is 0 Å². The van der Waals surface area contributed by atoms with E-state index in [2.05, 4.69) is 32.4 Å². The van der Waals surface area contributed by atoms with Crippen molar-refractivity contribution in [2.75, 3.05) is 19.6 Å². The third kappa shape index (κ3) is 2.93. The summed E-state index contributed by atoms with van der Waals surface area (Å²) < 4.78 is 0. The van der Waals surface area contributed by atoms with Gasteiger partial charge in [0.15, 0.2) is 0 Å². The number of nitrogens with zero attached hydrogens (tertiary/aromatic N) is 3. The van der Waals surface area contributed by atoms with Gasteiger partial charge in [-0.1, -0.05) is 12.5 Å². The molecule has 1 atom stereocenters. The molecule has 0 bridgehead atoms. The van der Waals surface area contributed by atoms with Crippen molar-refractivity contribution in [3.63, 3.8) is 0 Å². The molecule has 1 N–H and O–H groups in total. The van der Waals surface area contributed by atoms with E-state index in [0.717, 1.165) is 32.1 Å². The van der Waals surface area contributed by atoms with Crippen LogP contribution in [0.1, 0.15) is 46.7 Å². The molecule has 0 radical (unpaired) electrons. The van der Waals surface area contributed by atoms with E-state index in [0.29, 0.717) is 6.04 Å². The second kappa shape index (κ2) is 6.44. The van der Waals surface area contributed by atoms with E-state index in [4.69, 9.17) is 0 Å². The number of rotatable bonds is 4. The summed E-state index contributed by atoms with van der Waals surface area (Å²) in [6, 6.07) is 4.63. The van der Waals surface area contributed by atoms with Crippen molar-refractivity contribution >= 4 is 11.3 Å². The molecule has 1 saturated carbocycles. The Bertz CT molecular complexity index is 608. The largest absolute Gasteiger partial charge is 0.314 e. The third-order valence-electron chi connectivity index (χ3n) is 4.81. The van der Waals surface area contributed by atoms with Crippen molar-refractivity contribution in [1.82, 2.24) is 20.2 Å². The fourth-order valence-electron chi connectivity index (χ4n) is 3.28. The van der Waals surface area contributed by atoms with Crippen molar-refractivity contribution < 1.29 is 0 Å². The van der Waals surface area contributed by atoms with Crippen LogP contribution in [-0.4, -0.2) is 34.5 Å². The number of hydrogen-bond donors (Lipinski definition) is 1. The van der Waals surface area contributed by atoms with Gasteiger partial charge in [0, 0.05) is 61.6 Å². The van der Waals surface area contributed by atoms with Crippen LogP contribution in [0.15, 0.2) is 30.7 Å². The summed E-state index contributed by atoms with van der Waals surface area (Å²) >= 11 is 1.92. The van der Waals surface area contributed by atoms with Crippen molar-refractivity contribution in [1.29, 1.82) is 0 Å². The molecule has 1 unspecified atom stereocenters. The Balaban J connectivity index is 1.48. The van der Waals surface area contributed by atoms with Gasteiger partial charge in [0.05, 0.1) is 5.01 Å². The van der Waals surface area contributed by atoms with Crippen LogP contribution < -0.4 is 5.32 Å².